The predicted octanol–water partition coefficient (Wildman–Crippen LogP) is 3.74. The van der Waals surface area contributed by atoms with Crippen molar-refractivity contribution in [1.29, 1.82) is 0 Å². The maximum Gasteiger partial charge on any atom is 0.416 e. The van der Waals surface area contributed by atoms with Gasteiger partial charge >= 0.3 is 6.18 Å². The van der Waals surface area contributed by atoms with Crippen LogP contribution in [0.15, 0.2) is 42.5 Å². The molecule has 4 nitrogen and oxygen atoms in total. The number of alkyl halides is 3. The molecule has 0 radical (unpaired) electrons. The smallest absolute Gasteiger partial charge is 0.369 e. The van der Waals surface area contributed by atoms with E-state index in [1.54, 1.807) is 0 Å². The van der Waals surface area contributed by atoms with Crippen molar-refractivity contribution >= 4 is 11.6 Å². The van der Waals surface area contributed by atoms with E-state index < -0.39 is 11.7 Å². The van der Waals surface area contributed by atoms with Crippen LogP contribution in [0.1, 0.15) is 33.5 Å². The molecule has 160 valence electrons. The molecule has 1 saturated heterocycles. The van der Waals surface area contributed by atoms with Gasteiger partial charge in [0.2, 0.25) is 0 Å². The van der Waals surface area contributed by atoms with Gasteiger partial charge in [0.25, 0.3) is 5.91 Å². The van der Waals surface area contributed by atoms with E-state index >= 15 is 0 Å². The number of halogens is 3. The molecular formula is C23H26F3N3O. The standard InChI is InChI=1S/C23H26F3N3O/c1-28-11-13-29(14-12-28)21-4-2-3-16-7-10-19(15-20(16)21)27-22(30)17-5-8-18(9-6-17)23(24,25)26/h2-6,8-9,19H,7,10-15H2,1H3,(H,27,30). The molecule has 1 N–H and O–H groups in total. The third-order valence-corrected chi connectivity index (χ3v) is 6.11. The average molecular weight is 417 g/mol. The van der Waals surface area contributed by atoms with Crippen LogP contribution in [0.2, 0.25) is 0 Å². The lowest BCUT2D eigenvalue weighted by Gasteiger charge is -2.37. The number of hydrogen-bond donors (Lipinski definition) is 1. The lowest BCUT2D eigenvalue weighted by molar-refractivity contribution is -0.137. The van der Waals surface area contributed by atoms with E-state index in [9.17, 15) is 18.0 Å². The summed E-state index contributed by atoms with van der Waals surface area (Å²) in [6, 6.07) is 10.8. The number of aryl methyl sites for hydroxylation is 1. The molecule has 1 aliphatic carbocycles. The number of nitrogens with zero attached hydrogens (tertiary/aromatic N) is 2. The highest BCUT2D eigenvalue weighted by atomic mass is 19.4. The SMILES string of the molecule is CN1CCN(c2cccc3c2CC(NC(=O)c2ccc(C(F)(F)F)cc2)CC3)CC1. The van der Waals surface area contributed by atoms with Gasteiger partial charge < -0.3 is 15.1 Å². The van der Waals surface area contributed by atoms with Crippen LogP contribution in [-0.4, -0.2) is 50.1 Å². The molecule has 1 aliphatic heterocycles. The summed E-state index contributed by atoms with van der Waals surface area (Å²) in [5, 5.41) is 3.02. The van der Waals surface area contributed by atoms with Crippen molar-refractivity contribution in [2.24, 2.45) is 0 Å². The number of piperazine rings is 1. The van der Waals surface area contributed by atoms with Gasteiger partial charge in [-0.1, -0.05) is 12.1 Å². The molecular weight excluding hydrogens is 391 g/mol. The Bertz CT molecular complexity index is 903. The van der Waals surface area contributed by atoms with E-state index in [1.165, 1.54) is 28.9 Å². The molecule has 1 fully saturated rings. The first-order chi connectivity index (χ1) is 14.3. The molecule has 2 aromatic rings. The number of likely N-dealkylation sites (N-methyl/N-ethyl adjacent to an activating group) is 1. The zero-order chi connectivity index (χ0) is 21.3. The van der Waals surface area contributed by atoms with Crippen LogP contribution in [0.5, 0.6) is 0 Å². The zero-order valence-electron chi connectivity index (χ0n) is 17.0. The monoisotopic (exact) mass is 417 g/mol. The number of nitrogens with one attached hydrogen (secondary N) is 1. The molecule has 2 aromatic carbocycles. The Labute approximate surface area is 174 Å². The third-order valence-electron chi connectivity index (χ3n) is 6.11. The molecule has 7 heteroatoms. The average Bonchev–Trinajstić information content (AvgIpc) is 2.73. The first-order valence-electron chi connectivity index (χ1n) is 10.3. The summed E-state index contributed by atoms with van der Waals surface area (Å²) in [5.74, 6) is -0.325. The van der Waals surface area contributed by atoms with Gasteiger partial charge in [-0.25, -0.2) is 0 Å². The van der Waals surface area contributed by atoms with E-state index in [0.717, 1.165) is 57.6 Å². The Hall–Kier alpha value is -2.54. The predicted molar refractivity (Wildman–Crippen MR) is 111 cm³/mol. The summed E-state index contributed by atoms with van der Waals surface area (Å²) in [7, 11) is 2.13. The lowest BCUT2D eigenvalue weighted by atomic mass is 9.86. The number of amides is 1. The van der Waals surface area contributed by atoms with Crippen molar-refractivity contribution in [3.63, 3.8) is 0 Å². The van der Waals surface area contributed by atoms with Gasteiger partial charge in [0, 0.05) is 43.5 Å². The normalized spacial score (nSPS) is 20.0. The summed E-state index contributed by atoms with van der Waals surface area (Å²) >= 11 is 0. The Kier molecular flexibility index (Phi) is 5.73. The molecule has 1 amide bonds. The van der Waals surface area contributed by atoms with E-state index in [2.05, 4.69) is 40.4 Å². The number of anilines is 1. The first kappa shape index (κ1) is 20.7. The number of benzene rings is 2. The second-order valence-electron chi connectivity index (χ2n) is 8.19. The minimum Gasteiger partial charge on any atom is -0.369 e. The number of hydrogen-bond acceptors (Lipinski definition) is 3. The second kappa shape index (κ2) is 8.30. The van der Waals surface area contributed by atoms with Crippen molar-refractivity contribution < 1.29 is 18.0 Å². The molecule has 1 unspecified atom stereocenters. The summed E-state index contributed by atoms with van der Waals surface area (Å²) in [4.78, 5) is 17.3. The molecule has 0 bridgehead atoms. The first-order valence-corrected chi connectivity index (χ1v) is 10.3. The fraction of sp³-hybridized carbons (Fsp3) is 0.435. The third kappa shape index (κ3) is 4.46. The molecule has 30 heavy (non-hydrogen) atoms. The quantitative estimate of drug-likeness (QED) is 0.827. The Morgan fingerprint density at radius 1 is 1.03 bits per heavy atom. The van der Waals surface area contributed by atoms with Crippen LogP contribution in [0, 0.1) is 0 Å². The van der Waals surface area contributed by atoms with Crippen LogP contribution in [-0.2, 0) is 19.0 Å². The molecule has 4 rings (SSSR count). The van der Waals surface area contributed by atoms with E-state index in [1.807, 2.05) is 0 Å². The van der Waals surface area contributed by atoms with Gasteiger partial charge in [0.15, 0.2) is 0 Å². The fourth-order valence-electron chi connectivity index (χ4n) is 4.32. The van der Waals surface area contributed by atoms with E-state index in [4.69, 9.17) is 0 Å². The fourth-order valence-corrected chi connectivity index (χ4v) is 4.32. The molecule has 1 atom stereocenters. The van der Waals surface area contributed by atoms with Gasteiger partial charge in [-0.2, -0.15) is 13.2 Å². The maximum atomic E-state index is 12.7. The minimum absolute atomic E-state index is 0.0269. The van der Waals surface area contributed by atoms with Gasteiger partial charge in [-0.3, -0.25) is 4.79 Å². The van der Waals surface area contributed by atoms with Gasteiger partial charge in [0.05, 0.1) is 5.56 Å². The molecule has 2 aliphatic rings. The number of rotatable bonds is 3. The Morgan fingerprint density at radius 3 is 2.40 bits per heavy atom. The number of carbonyl (C=O) groups excluding carboxylic acids is 1. The van der Waals surface area contributed by atoms with Crippen LogP contribution in [0.25, 0.3) is 0 Å². The van der Waals surface area contributed by atoms with Gasteiger partial charge in [-0.05, 0) is 67.8 Å². The summed E-state index contributed by atoms with van der Waals surface area (Å²) < 4.78 is 38.2. The molecule has 0 aromatic heterocycles. The van der Waals surface area contributed by atoms with Gasteiger partial charge in [-0.15, -0.1) is 0 Å². The molecule has 0 spiro atoms. The van der Waals surface area contributed by atoms with Crippen molar-refractivity contribution in [3.8, 4) is 0 Å². The highest BCUT2D eigenvalue weighted by Crippen LogP contribution is 2.32. The minimum atomic E-state index is -4.40. The largest absolute Gasteiger partial charge is 0.416 e. The van der Waals surface area contributed by atoms with Crippen molar-refractivity contribution in [3.05, 3.63) is 64.7 Å². The Balaban J connectivity index is 1.46. The van der Waals surface area contributed by atoms with Crippen molar-refractivity contribution in [1.82, 2.24) is 10.2 Å². The zero-order valence-corrected chi connectivity index (χ0v) is 17.0. The topological polar surface area (TPSA) is 35.6 Å². The summed E-state index contributed by atoms with van der Waals surface area (Å²) in [6.45, 7) is 4.01. The lowest BCUT2D eigenvalue weighted by Crippen LogP contribution is -2.45. The van der Waals surface area contributed by atoms with Crippen LogP contribution in [0.4, 0.5) is 18.9 Å². The highest BCUT2D eigenvalue weighted by molar-refractivity contribution is 5.94. The summed E-state index contributed by atoms with van der Waals surface area (Å²) in [5.41, 5.74) is 3.36. The van der Waals surface area contributed by atoms with Crippen LogP contribution in [0.3, 0.4) is 0 Å². The maximum absolute atomic E-state index is 12.7. The van der Waals surface area contributed by atoms with E-state index in [0.29, 0.717) is 0 Å². The van der Waals surface area contributed by atoms with Crippen LogP contribution < -0.4 is 10.2 Å². The molecule has 1 heterocycles. The molecule has 0 saturated carbocycles. The van der Waals surface area contributed by atoms with Crippen molar-refractivity contribution in [2.45, 2.75) is 31.5 Å². The highest BCUT2D eigenvalue weighted by Gasteiger charge is 2.30. The Morgan fingerprint density at radius 2 is 1.73 bits per heavy atom. The van der Waals surface area contributed by atoms with Crippen LogP contribution >= 0.6 is 0 Å². The van der Waals surface area contributed by atoms with Crippen molar-refractivity contribution in [2.75, 3.05) is 38.1 Å². The number of carbonyl (C=O) groups is 1. The van der Waals surface area contributed by atoms with Gasteiger partial charge in [0.1, 0.15) is 0 Å². The second-order valence-corrected chi connectivity index (χ2v) is 8.19. The number of fused-ring (bicyclic) bond motifs is 1. The van der Waals surface area contributed by atoms with E-state index in [-0.39, 0.29) is 17.5 Å². The summed E-state index contributed by atoms with van der Waals surface area (Å²) in [6.07, 6.45) is -1.95.